The largest absolute Gasteiger partial charge is 0.357 e. The molecule has 3 heterocycles. The second-order valence-electron chi connectivity index (χ2n) is 3.78. The van der Waals surface area contributed by atoms with Crippen molar-refractivity contribution in [3.8, 4) is 5.95 Å². The lowest BCUT2D eigenvalue weighted by Gasteiger charge is -2.07. The molecule has 0 aromatic carbocycles. The zero-order chi connectivity index (χ0) is 13.8. The Balaban J connectivity index is 1.84. The number of aromatic nitrogens is 6. The van der Waals surface area contributed by atoms with E-state index in [9.17, 15) is 0 Å². The number of thiazole rings is 1. The summed E-state index contributed by atoms with van der Waals surface area (Å²) in [5.41, 5.74) is 0. The number of imidazole rings is 1. The van der Waals surface area contributed by atoms with Crippen molar-refractivity contribution in [3.05, 3.63) is 35.3 Å². The molecule has 0 aliphatic carbocycles. The summed E-state index contributed by atoms with van der Waals surface area (Å²) in [4.78, 5) is 21.1. The van der Waals surface area contributed by atoms with E-state index < -0.39 is 0 Å². The van der Waals surface area contributed by atoms with E-state index in [-0.39, 0.29) is 0 Å². The van der Waals surface area contributed by atoms with Gasteiger partial charge in [0.05, 0.1) is 6.54 Å². The lowest BCUT2D eigenvalue weighted by atomic mass is 10.6. The fourth-order valence-corrected chi connectivity index (χ4v) is 2.10. The van der Waals surface area contributed by atoms with Gasteiger partial charge in [0.1, 0.15) is 11.3 Å². The summed E-state index contributed by atoms with van der Waals surface area (Å²) in [5, 5.41) is 8.95. The van der Waals surface area contributed by atoms with Gasteiger partial charge in [-0.25, -0.2) is 9.97 Å². The van der Waals surface area contributed by atoms with E-state index in [0.29, 0.717) is 24.4 Å². The molecule has 9 heteroatoms. The zero-order valence-electron chi connectivity index (χ0n) is 10.7. The summed E-state index contributed by atoms with van der Waals surface area (Å²) >= 11 is 1.58. The van der Waals surface area contributed by atoms with Gasteiger partial charge in [0.2, 0.25) is 17.8 Å². The third kappa shape index (κ3) is 2.72. The molecular formula is C11H12N8S. The molecule has 0 atom stereocenters. The highest BCUT2D eigenvalue weighted by Crippen LogP contribution is 2.11. The monoisotopic (exact) mass is 288 g/mol. The second-order valence-corrected chi connectivity index (χ2v) is 4.76. The van der Waals surface area contributed by atoms with Crippen molar-refractivity contribution >= 4 is 23.2 Å². The average molecular weight is 288 g/mol. The maximum atomic E-state index is 4.35. The van der Waals surface area contributed by atoms with Gasteiger partial charge in [-0.2, -0.15) is 15.0 Å². The predicted octanol–water partition coefficient (Wildman–Crippen LogP) is 1.17. The van der Waals surface area contributed by atoms with Gasteiger partial charge in [0.25, 0.3) is 0 Å². The van der Waals surface area contributed by atoms with Gasteiger partial charge in [0, 0.05) is 31.0 Å². The summed E-state index contributed by atoms with van der Waals surface area (Å²) in [6, 6.07) is 0. The molecule has 0 amide bonds. The van der Waals surface area contributed by atoms with E-state index in [1.54, 1.807) is 47.9 Å². The van der Waals surface area contributed by atoms with E-state index in [2.05, 4.69) is 35.6 Å². The summed E-state index contributed by atoms with van der Waals surface area (Å²) in [6.07, 6.45) is 6.86. The maximum absolute atomic E-state index is 4.35. The van der Waals surface area contributed by atoms with E-state index in [1.165, 1.54) is 0 Å². The summed E-state index contributed by atoms with van der Waals surface area (Å²) < 4.78 is 1.72. The van der Waals surface area contributed by atoms with Crippen molar-refractivity contribution < 1.29 is 0 Å². The quantitative estimate of drug-likeness (QED) is 0.727. The van der Waals surface area contributed by atoms with E-state index in [4.69, 9.17) is 0 Å². The lowest BCUT2D eigenvalue weighted by molar-refractivity contribution is 0.890. The molecule has 0 aliphatic heterocycles. The Morgan fingerprint density at radius 3 is 2.80 bits per heavy atom. The Hall–Kier alpha value is -2.55. The van der Waals surface area contributed by atoms with Crippen LogP contribution in [0.4, 0.5) is 11.9 Å². The molecule has 0 spiro atoms. The number of hydrogen-bond donors (Lipinski definition) is 2. The van der Waals surface area contributed by atoms with Gasteiger partial charge >= 0.3 is 0 Å². The average Bonchev–Trinajstić information content (AvgIpc) is 3.17. The fourth-order valence-electron chi connectivity index (χ4n) is 1.54. The van der Waals surface area contributed by atoms with Crippen LogP contribution in [0.2, 0.25) is 0 Å². The summed E-state index contributed by atoms with van der Waals surface area (Å²) in [6.45, 7) is 0.578. The standard InChI is InChI=1S/C11H12N8S/c1-12-9-16-10(15-6-8-14-3-5-20-8)18-11(17-9)19-4-2-13-7-19/h2-5,7H,6H2,1H3,(H2,12,15,16,17,18). The normalized spacial score (nSPS) is 10.4. The Labute approximate surface area is 119 Å². The molecule has 0 radical (unpaired) electrons. The van der Waals surface area contributed by atoms with Crippen molar-refractivity contribution in [2.24, 2.45) is 0 Å². The number of rotatable bonds is 5. The highest BCUT2D eigenvalue weighted by molar-refractivity contribution is 7.09. The van der Waals surface area contributed by atoms with Crippen molar-refractivity contribution in [2.45, 2.75) is 6.54 Å². The highest BCUT2D eigenvalue weighted by Gasteiger charge is 2.07. The lowest BCUT2D eigenvalue weighted by Crippen LogP contribution is -2.10. The number of hydrogen-bond acceptors (Lipinski definition) is 8. The van der Waals surface area contributed by atoms with Crippen molar-refractivity contribution in [2.75, 3.05) is 17.7 Å². The van der Waals surface area contributed by atoms with Crippen LogP contribution in [-0.4, -0.2) is 36.5 Å². The molecule has 0 saturated carbocycles. The molecule has 0 aliphatic rings. The maximum Gasteiger partial charge on any atom is 0.241 e. The minimum Gasteiger partial charge on any atom is -0.357 e. The molecular weight excluding hydrogens is 276 g/mol. The van der Waals surface area contributed by atoms with Crippen LogP contribution in [0.15, 0.2) is 30.3 Å². The SMILES string of the molecule is CNc1nc(NCc2nccs2)nc(-n2ccnc2)n1. The molecule has 3 rings (SSSR count). The van der Waals surface area contributed by atoms with Crippen LogP contribution in [0.25, 0.3) is 5.95 Å². The molecule has 0 unspecified atom stereocenters. The van der Waals surface area contributed by atoms with Crippen LogP contribution in [0.5, 0.6) is 0 Å². The highest BCUT2D eigenvalue weighted by atomic mass is 32.1. The fraction of sp³-hybridized carbons (Fsp3) is 0.182. The molecule has 0 fully saturated rings. The van der Waals surface area contributed by atoms with Gasteiger partial charge in [-0.3, -0.25) is 4.57 Å². The first-order chi connectivity index (χ1) is 9.85. The molecule has 3 aromatic rings. The first-order valence-electron chi connectivity index (χ1n) is 5.89. The van der Waals surface area contributed by atoms with Crippen molar-refractivity contribution in [1.82, 2.24) is 29.5 Å². The minimum absolute atomic E-state index is 0.489. The van der Waals surface area contributed by atoms with Gasteiger partial charge < -0.3 is 10.6 Å². The van der Waals surface area contributed by atoms with E-state index in [1.807, 2.05) is 5.38 Å². The molecule has 102 valence electrons. The first kappa shape index (κ1) is 12.5. The number of nitrogens with zero attached hydrogens (tertiary/aromatic N) is 6. The van der Waals surface area contributed by atoms with Crippen LogP contribution in [-0.2, 0) is 6.54 Å². The van der Waals surface area contributed by atoms with E-state index in [0.717, 1.165) is 5.01 Å². The van der Waals surface area contributed by atoms with Crippen LogP contribution in [0.1, 0.15) is 5.01 Å². The molecule has 0 saturated heterocycles. The van der Waals surface area contributed by atoms with Crippen LogP contribution < -0.4 is 10.6 Å². The van der Waals surface area contributed by atoms with E-state index >= 15 is 0 Å². The second kappa shape index (κ2) is 5.61. The predicted molar refractivity (Wildman–Crippen MR) is 75.9 cm³/mol. The Morgan fingerprint density at radius 1 is 1.20 bits per heavy atom. The van der Waals surface area contributed by atoms with Gasteiger partial charge in [-0.05, 0) is 0 Å². The van der Waals surface area contributed by atoms with Crippen LogP contribution >= 0.6 is 11.3 Å². The Morgan fingerprint density at radius 2 is 2.10 bits per heavy atom. The van der Waals surface area contributed by atoms with Crippen LogP contribution in [0, 0.1) is 0 Å². The molecule has 0 bridgehead atoms. The Bertz CT molecular complexity index is 664. The topological polar surface area (TPSA) is 93.4 Å². The molecule has 8 nitrogen and oxygen atoms in total. The summed E-state index contributed by atoms with van der Waals surface area (Å²) in [7, 11) is 1.76. The van der Waals surface area contributed by atoms with Crippen molar-refractivity contribution in [3.63, 3.8) is 0 Å². The third-order valence-corrected chi connectivity index (χ3v) is 3.24. The Kier molecular flexibility index (Phi) is 3.50. The summed E-state index contributed by atoms with van der Waals surface area (Å²) in [5.74, 6) is 1.48. The number of anilines is 2. The number of nitrogens with one attached hydrogen (secondary N) is 2. The van der Waals surface area contributed by atoms with Gasteiger partial charge in [-0.15, -0.1) is 11.3 Å². The molecule has 20 heavy (non-hydrogen) atoms. The molecule has 3 aromatic heterocycles. The van der Waals surface area contributed by atoms with Gasteiger partial charge in [0.15, 0.2) is 0 Å². The zero-order valence-corrected chi connectivity index (χ0v) is 11.5. The third-order valence-electron chi connectivity index (χ3n) is 2.46. The van der Waals surface area contributed by atoms with Crippen LogP contribution in [0.3, 0.4) is 0 Å². The van der Waals surface area contributed by atoms with Crippen molar-refractivity contribution in [1.29, 1.82) is 0 Å². The smallest absolute Gasteiger partial charge is 0.241 e. The molecule has 2 N–H and O–H groups in total. The first-order valence-corrected chi connectivity index (χ1v) is 6.77. The van der Waals surface area contributed by atoms with Gasteiger partial charge in [-0.1, -0.05) is 0 Å². The minimum atomic E-state index is 0.489.